The Bertz CT molecular complexity index is 361. The molecule has 2 N–H and O–H groups in total. The van der Waals surface area contributed by atoms with Crippen molar-refractivity contribution in [2.45, 2.75) is 12.8 Å². The summed E-state index contributed by atoms with van der Waals surface area (Å²) in [7, 11) is 0. The molecule has 1 aliphatic heterocycles. The third kappa shape index (κ3) is 4.04. The van der Waals surface area contributed by atoms with E-state index in [0.717, 1.165) is 45.6 Å². The number of amides is 2. The van der Waals surface area contributed by atoms with E-state index in [1.54, 1.807) is 0 Å². The number of hydrogen-bond donors (Lipinski definition) is 2. The molecule has 0 atom stereocenters. The number of carbonyl (C=O) groups excluding carboxylic acids is 1. The van der Waals surface area contributed by atoms with E-state index in [4.69, 9.17) is 0 Å². The third-order valence-corrected chi connectivity index (χ3v) is 3.17. The number of nitrogens with zero attached hydrogens (tertiary/aromatic N) is 1. The van der Waals surface area contributed by atoms with Gasteiger partial charge in [-0.05, 0) is 18.4 Å². The second-order valence-corrected chi connectivity index (χ2v) is 4.56. The van der Waals surface area contributed by atoms with Crippen molar-refractivity contribution < 1.29 is 4.79 Å². The van der Waals surface area contributed by atoms with Crippen LogP contribution in [0.4, 0.5) is 4.79 Å². The van der Waals surface area contributed by atoms with E-state index < -0.39 is 0 Å². The van der Waals surface area contributed by atoms with Gasteiger partial charge < -0.3 is 15.5 Å². The molecule has 1 aromatic carbocycles. The van der Waals surface area contributed by atoms with Crippen LogP contribution < -0.4 is 10.6 Å². The Morgan fingerprint density at radius 3 is 2.67 bits per heavy atom. The molecular formula is C14H21N3O. The zero-order valence-electron chi connectivity index (χ0n) is 10.7. The van der Waals surface area contributed by atoms with Gasteiger partial charge in [0.05, 0.1) is 0 Å². The minimum Gasteiger partial charge on any atom is -0.338 e. The van der Waals surface area contributed by atoms with Gasteiger partial charge in [0.15, 0.2) is 0 Å². The summed E-state index contributed by atoms with van der Waals surface area (Å²) in [6, 6.07) is 10.4. The molecule has 4 heteroatoms. The summed E-state index contributed by atoms with van der Waals surface area (Å²) >= 11 is 0. The number of nitrogens with one attached hydrogen (secondary N) is 2. The molecule has 1 heterocycles. The molecule has 0 radical (unpaired) electrons. The van der Waals surface area contributed by atoms with Gasteiger partial charge in [-0.25, -0.2) is 4.79 Å². The molecule has 98 valence electrons. The van der Waals surface area contributed by atoms with Gasteiger partial charge in [-0.3, -0.25) is 0 Å². The van der Waals surface area contributed by atoms with Crippen LogP contribution in [0.2, 0.25) is 0 Å². The molecule has 0 bridgehead atoms. The first-order valence-corrected chi connectivity index (χ1v) is 6.64. The zero-order valence-corrected chi connectivity index (χ0v) is 10.7. The van der Waals surface area contributed by atoms with Crippen molar-refractivity contribution in [1.29, 1.82) is 0 Å². The molecule has 0 unspecified atom stereocenters. The van der Waals surface area contributed by atoms with Crippen LogP contribution in [0.1, 0.15) is 12.0 Å². The Hall–Kier alpha value is -1.55. The Labute approximate surface area is 108 Å². The van der Waals surface area contributed by atoms with Gasteiger partial charge in [0.25, 0.3) is 0 Å². The average molecular weight is 247 g/mol. The summed E-state index contributed by atoms with van der Waals surface area (Å²) < 4.78 is 0. The second kappa shape index (κ2) is 7.01. The summed E-state index contributed by atoms with van der Waals surface area (Å²) in [6.45, 7) is 4.17. The average Bonchev–Trinajstić information content (AvgIpc) is 2.45. The fourth-order valence-corrected chi connectivity index (χ4v) is 2.11. The molecule has 18 heavy (non-hydrogen) atoms. The van der Waals surface area contributed by atoms with E-state index in [1.807, 2.05) is 11.0 Å². The van der Waals surface area contributed by atoms with Gasteiger partial charge >= 0.3 is 6.03 Å². The van der Waals surface area contributed by atoms with Crippen molar-refractivity contribution in [3.05, 3.63) is 35.9 Å². The molecule has 0 saturated carbocycles. The number of hydrogen-bond acceptors (Lipinski definition) is 2. The van der Waals surface area contributed by atoms with Crippen molar-refractivity contribution in [2.24, 2.45) is 0 Å². The monoisotopic (exact) mass is 247 g/mol. The van der Waals surface area contributed by atoms with Gasteiger partial charge in [0.2, 0.25) is 0 Å². The highest BCUT2D eigenvalue weighted by Crippen LogP contribution is 2.01. The van der Waals surface area contributed by atoms with Gasteiger partial charge in [-0.15, -0.1) is 0 Å². The van der Waals surface area contributed by atoms with Crippen LogP contribution in [0.3, 0.4) is 0 Å². The maximum absolute atomic E-state index is 11.8. The van der Waals surface area contributed by atoms with Crippen molar-refractivity contribution in [3.63, 3.8) is 0 Å². The summed E-state index contributed by atoms with van der Waals surface area (Å²) in [5.74, 6) is 0. The maximum Gasteiger partial charge on any atom is 0.317 e. The second-order valence-electron chi connectivity index (χ2n) is 4.56. The molecule has 1 fully saturated rings. The lowest BCUT2D eigenvalue weighted by atomic mass is 10.1. The lowest BCUT2D eigenvalue weighted by Gasteiger charge is -2.27. The normalized spacial score (nSPS) is 15.4. The fourth-order valence-electron chi connectivity index (χ4n) is 2.11. The molecule has 1 aliphatic rings. The minimum atomic E-state index is 0.0737. The lowest BCUT2D eigenvalue weighted by Crippen LogP contribution is -2.50. The van der Waals surface area contributed by atoms with Crippen molar-refractivity contribution in [2.75, 3.05) is 32.7 Å². The summed E-state index contributed by atoms with van der Waals surface area (Å²) in [5.41, 5.74) is 1.33. The van der Waals surface area contributed by atoms with E-state index in [2.05, 4.69) is 34.9 Å². The first kappa shape index (κ1) is 12.9. The van der Waals surface area contributed by atoms with E-state index in [1.165, 1.54) is 5.56 Å². The van der Waals surface area contributed by atoms with Gasteiger partial charge in [-0.2, -0.15) is 0 Å². The molecule has 2 amide bonds. The van der Waals surface area contributed by atoms with Gasteiger partial charge in [-0.1, -0.05) is 30.3 Å². The smallest absolute Gasteiger partial charge is 0.317 e. The summed E-state index contributed by atoms with van der Waals surface area (Å²) in [4.78, 5) is 13.7. The zero-order chi connectivity index (χ0) is 12.6. The van der Waals surface area contributed by atoms with Gasteiger partial charge in [0, 0.05) is 32.7 Å². The van der Waals surface area contributed by atoms with Crippen molar-refractivity contribution in [1.82, 2.24) is 15.5 Å². The SMILES string of the molecule is O=C(NCCCc1ccccc1)N1CCNCC1. The summed E-state index contributed by atoms with van der Waals surface area (Å²) in [5, 5.41) is 6.22. The van der Waals surface area contributed by atoms with Crippen LogP contribution in [0.15, 0.2) is 30.3 Å². The molecule has 0 aliphatic carbocycles. The topological polar surface area (TPSA) is 44.4 Å². The molecule has 0 aromatic heterocycles. The standard InChI is InChI=1S/C14H21N3O/c18-14(17-11-9-15-10-12-17)16-8-4-7-13-5-2-1-3-6-13/h1-3,5-6,15H,4,7-12H2,(H,16,18). The Morgan fingerprint density at radius 1 is 1.22 bits per heavy atom. The highest BCUT2D eigenvalue weighted by molar-refractivity contribution is 5.74. The van der Waals surface area contributed by atoms with E-state index in [0.29, 0.717) is 0 Å². The number of piperazine rings is 1. The Kier molecular flexibility index (Phi) is 5.02. The maximum atomic E-state index is 11.8. The first-order chi connectivity index (χ1) is 8.86. The van der Waals surface area contributed by atoms with Crippen LogP contribution in [-0.2, 0) is 6.42 Å². The predicted octanol–water partition coefficient (Wildman–Crippen LogP) is 1.23. The largest absolute Gasteiger partial charge is 0.338 e. The van der Waals surface area contributed by atoms with Crippen molar-refractivity contribution >= 4 is 6.03 Å². The molecule has 0 spiro atoms. The molecule has 2 rings (SSSR count). The Balaban J connectivity index is 1.61. The van der Waals surface area contributed by atoms with E-state index in [9.17, 15) is 4.79 Å². The molecule has 1 aromatic rings. The third-order valence-electron chi connectivity index (χ3n) is 3.17. The summed E-state index contributed by atoms with van der Waals surface area (Å²) in [6.07, 6.45) is 2.00. The number of rotatable bonds is 4. The highest BCUT2D eigenvalue weighted by atomic mass is 16.2. The van der Waals surface area contributed by atoms with Crippen LogP contribution in [0.25, 0.3) is 0 Å². The molecule has 4 nitrogen and oxygen atoms in total. The number of carbonyl (C=O) groups is 1. The predicted molar refractivity (Wildman–Crippen MR) is 72.6 cm³/mol. The van der Waals surface area contributed by atoms with Crippen LogP contribution >= 0.6 is 0 Å². The number of aryl methyl sites for hydroxylation is 1. The quantitative estimate of drug-likeness (QED) is 0.786. The van der Waals surface area contributed by atoms with Crippen LogP contribution in [-0.4, -0.2) is 43.7 Å². The lowest BCUT2D eigenvalue weighted by molar-refractivity contribution is 0.190. The minimum absolute atomic E-state index is 0.0737. The number of urea groups is 1. The van der Waals surface area contributed by atoms with E-state index in [-0.39, 0.29) is 6.03 Å². The highest BCUT2D eigenvalue weighted by Gasteiger charge is 2.14. The van der Waals surface area contributed by atoms with Crippen LogP contribution in [0, 0.1) is 0 Å². The van der Waals surface area contributed by atoms with Crippen molar-refractivity contribution in [3.8, 4) is 0 Å². The molecule has 1 saturated heterocycles. The first-order valence-electron chi connectivity index (χ1n) is 6.64. The Morgan fingerprint density at radius 2 is 1.94 bits per heavy atom. The van der Waals surface area contributed by atoms with E-state index >= 15 is 0 Å². The number of benzene rings is 1. The fraction of sp³-hybridized carbons (Fsp3) is 0.500. The molecular weight excluding hydrogens is 226 g/mol. The van der Waals surface area contributed by atoms with Gasteiger partial charge in [0.1, 0.15) is 0 Å². The van der Waals surface area contributed by atoms with Crippen LogP contribution in [0.5, 0.6) is 0 Å².